The van der Waals surface area contributed by atoms with Gasteiger partial charge in [0.1, 0.15) is 6.54 Å². The number of rotatable bonds is 5. The summed E-state index contributed by atoms with van der Waals surface area (Å²) in [5, 5.41) is 9.11. The zero-order chi connectivity index (χ0) is 12.0. The van der Waals surface area contributed by atoms with E-state index < -0.39 is 0 Å². The largest absolute Gasteiger partial charge is 0.358 e. The number of hydrogen-bond donors (Lipinski definition) is 3. The van der Waals surface area contributed by atoms with Crippen LogP contribution in [-0.2, 0) is 16.1 Å². The van der Waals surface area contributed by atoms with Crippen LogP contribution in [0.25, 0.3) is 0 Å². The first-order valence-corrected chi connectivity index (χ1v) is 5.43. The second-order valence-corrected chi connectivity index (χ2v) is 3.54. The minimum absolute atomic E-state index is 0.138. The topological polar surface area (TPSA) is 76.0 Å². The molecule has 0 unspecified atom stereocenters. The van der Waals surface area contributed by atoms with Crippen molar-refractivity contribution in [2.75, 3.05) is 18.1 Å². The van der Waals surface area contributed by atoms with Crippen molar-refractivity contribution >= 4 is 30.3 Å². The lowest BCUT2D eigenvalue weighted by Gasteiger charge is -2.00. The number of amides is 2. The molecule has 0 aliphatic rings. The van der Waals surface area contributed by atoms with E-state index in [0.29, 0.717) is 18.0 Å². The predicted octanol–water partition coefficient (Wildman–Crippen LogP) is -0.113. The van der Waals surface area contributed by atoms with Crippen LogP contribution in [0.4, 0.5) is 5.82 Å². The smallest absolute Gasteiger partial charge is 0.241 e. The lowest BCUT2D eigenvalue weighted by molar-refractivity contribution is -0.121. The van der Waals surface area contributed by atoms with Crippen LogP contribution in [0.5, 0.6) is 0 Å². The van der Waals surface area contributed by atoms with E-state index >= 15 is 0 Å². The standard InChI is InChI=1S/C9H14N4O2S/c1-10-9(15)6-13-4-2-7(12-13)11-8(14)3-5-16/h2,4,16H,3,5-6H2,1H3,(H,10,15)(H,11,12,14). The molecule has 7 heteroatoms. The van der Waals surface area contributed by atoms with Crippen LogP contribution in [0.15, 0.2) is 12.3 Å². The average Bonchev–Trinajstić information content (AvgIpc) is 2.65. The lowest BCUT2D eigenvalue weighted by atomic mass is 10.4. The SMILES string of the molecule is CNC(=O)Cn1ccc(NC(=O)CCS)n1. The van der Waals surface area contributed by atoms with E-state index in [4.69, 9.17) is 0 Å². The summed E-state index contributed by atoms with van der Waals surface area (Å²) < 4.78 is 1.45. The number of anilines is 1. The molecule has 2 N–H and O–H groups in total. The van der Waals surface area contributed by atoms with Crippen molar-refractivity contribution in [2.24, 2.45) is 0 Å². The van der Waals surface area contributed by atoms with Gasteiger partial charge in [0.05, 0.1) is 0 Å². The number of hydrogen-bond acceptors (Lipinski definition) is 4. The fourth-order valence-corrected chi connectivity index (χ4v) is 1.25. The van der Waals surface area contributed by atoms with Gasteiger partial charge in [-0.3, -0.25) is 14.3 Å². The first-order valence-electron chi connectivity index (χ1n) is 4.80. The lowest BCUT2D eigenvalue weighted by Crippen LogP contribution is -2.23. The molecule has 2 amide bonds. The van der Waals surface area contributed by atoms with Crippen LogP contribution in [0.3, 0.4) is 0 Å². The Labute approximate surface area is 98.8 Å². The van der Waals surface area contributed by atoms with Gasteiger partial charge in [-0.25, -0.2) is 0 Å². The van der Waals surface area contributed by atoms with Crippen molar-refractivity contribution in [1.29, 1.82) is 0 Å². The van der Waals surface area contributed by atoms with Gasteiger partial charge in [0.25, 0.3) is 0 Å². The highest BCUT2D eigenvalue weighted by atomic mass is 32.1. The van der Waals surface area contributed by atoms with Crippen LogP contribution >= 0.6 is 12.6 Å². The quantitative estimate of drug-likeness (QED) is 0.630. The van der Waals surface area contributed by atoms with Gasteiger partial charge in [-0.05, 0) is 5.75 Å². The highest BCUT2D eigenvalue weighted by Crippen LogP contribution is 2.03. The fraction of sp³-hybridized carbons (Fsp3) is 0.444. The number of nitrogens with zero attached hydrogens (tertiary/aromatic N) is 2. The average molecular weight is 242 g/mol. The number of nitrogens with one attached hydrogen (secondary N) is 2. The summed E-state index contributed by atoms with van der Waals surface area (Å²) in [5.41, 5.74) is 0. The molecule has 1 aromatic rings. The Morgan fingerprint density at radius 3 is 2.88 bits per heavy atom. The van der Waals surface area contributed by atoms with Gasteiger partial charge in [0.2, 0.25) is 11.8 Å². The normalized spacial score (nSPS) is 9.88. The molecular formula is C9H14N4O2S. The third-order valence-corrected chi connectivity index (χ3v) is 2.06. The number of carbonyl (C=O) groups is 2. The Morgan fingerprint density at radius 1 is 1.50 bits per heavy atom. The molecule has 1 aromatic heterocycles. The first-order chi connectivity index (χ1) is 7.65. The maximum atomic E-state index is 11.2. The molecule has 0 spiro atoms. The number of thiol groups is 1. The van der Waals surface area contributed by atoms with E-state index in [9.17, 15) is 9.59 Å². The maximum Gasteiger partial charge on any atom is 0.241 e. The summed E-state index contributed by atoms with van der Waals surface area (Å²) in [6, 6.07) is 1.64. The van der Waals surface area contributed by atoms with Crippen molar-refractivity contribution in [1.82, 2.24) is 15.1 Å². The minimum atomic E-state index is -0.142. The Balaban J connectivity index is 2.51. The molecule has 0 radical (unpaired) electrons. The minimum Gasteiger partial charge on any atom is -0.358 e. The van der Waals surface area contributed by atoms with Gasteiger partial charge < -0.3 is 10.6 Å². The number of aromatic nitrogens is 2. The molecule has 0 saturated carbocycles. The molecule has 0 bridgehead atoms. The van der Waals surface area contributed by atoms with Crippen molar-refractivity contribution in [3.63, 3.8) is 0 Å². The molecule has 0 aromatic carbocycles. The van der Waals surface area contributed by atoms with Crippen molar-refractivity contribution < 1.29 is 9.59 Å². The van der Waals surface area contributed by atoms with Crippen LogP contribution < -0.4 is 10.6 Å². The molecule has 0 saturated heterocycles. The summed E-state index contributed by atoms with van der Waals surface area (Å²) in [6.07, 6.45) is 1.97. The molecule has 16 heavy (non-hydrogen) atoms. The molecular weight excluding hydrogens is 228 g/mol. The summed E-state index contributed by atoms with van der Waals surface area (Å²) in [6.45, 7) is 0.138. The zero-order valence-corrected chi connectivity index (χ0v) is 9.83. The van der Waals surface area contributed by atoms with Gasteiger partial charge in [0, 0.05) is 25.7 Å². The molecule has 88 valence electrons. The highest BCUT2D eigenvalue weighted by molar-refractivity contribution is 7.80. The van der Waals surface area contributed by atoms with Crippen LogP contribution in [0, 0.1) is 0 Å². The number of carbonyl (C=O) groups excluding carboxylic acids is 2. The third-order valence-electron chi connectivity index (χ3n) is 1.83. The Hall–Kier alpha value is -1.50. The predicted molar refractivity (Wildman–Crippen MR) is 63.4 cm³/mol. The van der Waals surface area contributed by atoms with Crippen LogP contribution in [0.1, 0.15) is 6.42 Å². The van der Waals surface area contributed by atoms with Gasteiger partial charge in [-0.1, -0.05) is 0 Å². The first kappa shape index (κ1) is 12.6. The number of likely N-dealkylation sites (N-methyl/N-ethyl adjacent to an activating group) is 1. The zero-order valence-electron chi connectivity index (χ0n) is 8.93. The monoisotopic (exact) mass is 242 g/mol. The summed E-state index contributed by atoms with van der Waals surface area (Å²) in [4.78, 5) is 22.3. The molecule has 1 heterocycles. The van der Waals surface area contributed by atoms with Crippen molar-refractivity contribution in [3.05, 3.63) is 12.3 Å². The summed E-state index contributed by atoms with van der Waals surface area (Å²) >= 11 is 3.95. The molecule has 6 nitrogen and oxygen atoms in total. The molecule has 1 rings (SSSR count). The van der Waals surface area contributed by atoms with E-state index in [-0.39, 0.29) is 18.4 Å². The summed E-state index contributed by atoms with van der Waals surface area (Å²) in [5.74, 6) is 0.650. The summed E-state index contributed by atoms with van der Waals surface area (Å²) in [7, 11) is 1.56. The Kier molecular flexibility index (Phi) is 4.84. The van der Waals surface area contributed by atoms with Gasteiger partial charge in [0.15, 0.2) is 5.82 Å². The van der Waals surface area contributed by atoms with E-state index in [1.807, 2.05) is 0 Å². The van der Waals surface area contributed by atoms with E-state index in [1.165, 1.54) is 4.68 Å². The second kappa shape index (κ2) is 6.16. The van der Waals surface area contributed by atoms with E-state index in [0.717, 1.165) is 0 Å². The van der Waals surface area contributed by atoms with E-state index in [1.54, 1.807) is 19.3 Å². The Morgan fingerprint density at radius 2 is 2.25 bits per heavy atom. The maximum absolute atomic E-state index is 11.2. The molecule has 0 aliphatic carbocycles. The van der Waals surface area contributed by atoms with Gasteiger partial charge in [-0.15, -0.1) is 0 Å². The van der Waals surface area contributed by atoms with Crippen LogP contribution in [-0.4, -0.2) is 34.4 Å². The Bertz CT molecular complexity index is 377. The molecule has 0 aliphatic heterocycles. The fourth-order valence-electron chi connectivity index (χ4n) is 1.05. The second-order valence-electron chi connectivity index (χ2n) is 3.09. The highest BCUT2D eigenvalue weighted by Gasteiger charge is 2.05. The van der Waals surface area contributed by atoms with Crippen molar-refractivity contribution in [2.45, 2.75) is 13.0 Å². The van der Waals surface area contributed by atoms with Gasteiger partial charge in [-0.2, -0.15) is 17.7 Å². The molecule has 0 fully saturated rings. The van der Waals surface area contributed by atoms with Crippen molar-refractivity contribution in [3.8, 4) is 0 Å². The van der Waals surface area contributed by atoms with Crippen LogP contribution in [0.2, 0.25) is 0 Å². The van der Waals surface area contributed by atoms with E-state index in [2.05, 4.69) is 28.4 Å². The third kappa shape index (κ3) is 3.93. The molecule has 0 atom stereocenters. The van der Waals surface area contributed by atoms with Gasteiger partial charge >= 0.3 is 0 Å².